The van der Waals surface area contributed by atoms with Crippen LogP contribution in [0.1, 0.15) is 32.6 Å². The molecule has 1 saturated heterocycles. The highest BCUT2D eigenvalue weighted by atomic mass is 19.1. The van der Waals surface area contributed by atoms with E-state index in [9.17, 15) is 9.18 Å². The second-order valence-corrected chi connectivity index (χ2v) is 8.22. The van der Waals surface area contributed by atoms with Crippen LogP contribution in [0.4, 0.5) is 15.9 Å². The lowest BCUT2D eigenvalue weighted by molar-refractivity contribution is -0.123. The van der Waals surface area contributed by atoms with E-state index in [0.717, 1.165) is 62.4 Å². The summed E-state index contributed by atoms with van der Waals surface area (Å²) in [4.78, 5) is 17.5. The first-order valence-corrected chi connectivity index (χ1v) is 11.4. The number of carbonyl (C=O) groups is 1. The number of rotatable bonds is 7. The van der Waals surface area contributed by atoms with Crippen LogP contribution in [0.2, 0.25) is 0 Å². The molecular weight excluding hydrogens is 403 g/mol. The van der Waals surface area contributed by atoms with Crippen molar-refractivity contribution in [1.82, 2.24) is 10.2 Å². The van der Waals surface area contributed by atoms with E-state index < -0.39 is 0 Å². The maximum absolute atomic E-state index is 13.3. The summed E-state index contributed by atoms with van der Waals surface area (Å²) in [5.74, 6) is 0.792. The fourth-order valence-corrected chi connectivity index (χ4v) is 4.14. The number of halogens is 1. The van der Waals surface area contributed by atoms with Crippen LogP contribution in [-0.4, -0.2) is 35.7 Å². The fourth-order valence-electron chi connectivity index (χ4n) is 4.14. The van der Waals surface area contributed by atoms with Gasteiger partial charge in [0, 0.05) is 36.8 Å². The summed E-state index contributed by atoms with van der Waals surface area (Å²) in [6.45, 7) is 4.46. The van der Waals surface area contributed by atoms with E-state index >= 15 is 0 Å². The molecule has 0 radical (unpaired) electrons. The third kappa shape index (κ3) is 5.13. The van der Waals surface area contributed by atoms with Crippen LogP contribution in [0, 0.1) is 11.7 Å². The molecule has 1 amide bonds. The average Bonchev–Trinajstić information content (AvgIpc) is 2.85. The van der Waals surface area contributed by atoms with Gasteiger partial charge >= 0.3 is 0 Å². The topological polar surface area (TPSA) is 49.3 Å². The van der Waals surface area contributed by atoms with Crippen LogP contribution >= 0.6 is 0 Å². The molecule has 0 saturated carbocycles. The molecule has 0 N–H and O–H groups in total. The van der Waals surface area contributed by atoms with Crippen molar-refractivity contribution in [3.8, 4) is 11.3 Å². The molecule has 3 aromatic rings. The molecule has 0 unspecified atom stereocenters. The Morgan fingerprint density at radius 2 is 1.72 bits per heavy atom. The van der Waals surface area contributed by atoms with Crippen LogP contribution in [0.15, 0.2) is 66.7 Å². The lowest BCUT2D eigenvalue weighted by Gasteiger charge is -2.34. The molecule has 2 aromatic carbocycles. The Morgan fingerprint density at radius 3 is 2.34 bits per heavy atom. The van der Waals surface area contributed by atoms with E-state index in [-0.39, 0.29) is 17.6 Å². The van der Waals surface area contributed by atoms with Gasteiger partial charge in [0.15, 0.2) is 5.82 Å². The second-order valence-electron chi connectivity index (χ2n) is 8.22. The summed E-state index contributed by atoms with van der Waals surface area (Å²) < 4.78 is 13.1. The fraction of sp³-hybridized carbons (Fsp3) is 0.346. The van der Waals surface area contributed by atoms with Crippen molar-refractivity contribution in [1.29, 1.82) is 0 Å². The molecule has 1 fully saturated rings. The third-order valence-corrected chi connectivity index (χ3v) is 6.03. The van der Waals surface area contributed by atoms with Gasteiger partial charge in [0.1, 0.15) is 5.82 Å². The SMILES string of the molecule is CCCCN(C(=O)C1CCN(c2ccc(-c3ccc(F)cc3)nn2)CC1)c1ccccc1. The Kier molecular flexibility index (Phi) is 7.10. The van der Waals surface area contributed by atoms with Gasteiger partial charge in [0.05, 0.1) is 5.69 Å². The first-order valence-electron chi connectivity index (χ1n) is 11.4. The smallest absolute Gasteiger partial charge is 0.230 e. The summed E-state index contributed by atoms with van der Waals surface area (Å²) in [5.41, 5.74) is 2.53. The van der Waals surface area contributed by atoms with Gasteiger partial charge in [-0.25, -0.2) is 4.39 Å². The molecule has 4 rings (SSSR count). The third-order valence-electron chi connectivity index (χ3n) is 6.03. The van der Waals surface area contributed by atoms with Gasteiger partial charge in [0.25, 0.3) is 0 Å². The number of hydrogen-bond donors (Lipinski definition) is 0. The molecule has 2 heterocycles. The quantitative estimate of drug-likeness (QED) is 0.506. The first-order chi connectivity index (χ1) is 15.7. The number of amides is 1. The van der Waals surface area contributed by atoms with E-state index in [1.807, 2.05) is 47.4 Å². The van der Waals surface area contributed by atoms with Gasteiger partial charge in [0.2, 0.25) is 5.91 Å². The van der Waals surface area contributed by atoms with Gasteiger partial charge in [-0.2, -0.15) is 0 Å². The lowest BCUT2D eigenvalue weighted by Crippen LogP contribution is -2.43. The van der Waals surface area contributed by atoms with E-state index in [2.05, 4.69) is 22.0 Å². The Balaban J connectivity index is 1.38. The maximum atomic E-state index is 13.3. The molecule has 6 heteroatoms. The van der Waals surface area contributed by atoms with Crippen molar-refractivity contribution in [2.24, 2.45) is 5.92 Å². The molecule has 166 valence electrons. The Bertz CT molecular complexity index is 1000. The molecule has 1 aliphatic rings. The number of nitrogens with zero attached hydrogens (tertiary/aromatic N) is 4. The van der Waals surface area contributed by atoms with Gasteiger partial charge in [-0.15, -0.1) is 10.2 Å². The highest BCUT2D eigenvalue weighted by molar-refractivity contribution is 5.95. The van der Waals surface area contributed by atoms with Crippen LogP contribution in [0.25, 0.3) is 11.3 Å². The maximum Gasteiger partial charge on any atom is 0.230 e. The number of aromatic nitrogens is 2. The molecule has 1 aliphatic heterocycles. The minimum absolute atomic E-state index is 0.0229. The summed E-state index contributed by atoms with van der Waals surface area (Å²) in [6.07, 6.45) is 3.66. The number of benzene rings is 2. The van der Waals surface area contributed by atoms with Crippen molar-refractivity contribution < 1.29 is 9.18 Å². The van der Waals surface area contributed by atoms with Crippen molar-refractivity contribution in [2.45, 2.75) is 32.6 Å². The van der Waals surface area contributed by atoms with Crippen LogP contribution in [0.3, 0.4) is 0 Å². The normalized spacial score (nSPS) is 14.4. The minimum atomic E-state index is -0.267. The zero-order valence-corrected chi connectivity index (χ0v) is 18.5. The zero-order valence-electron chi connectivity index (χ0n) is 18.5. The van der Waals surface area contributed by atoms with Crippen LogP contribution < -0.4 is 9.80 Å². The van der Waals surface area contributed by atoms with E-state index in [4.69, 9.17) is 0 Å². The van der Waals surface area contributed by atoms with E-state index in [1.165, 1.54) is 12.1 Å². The van der Waals surface area contributed by atoms with Crippen molar-refractivity contribution >= 4 is 17.4 Å². The molecule has 0 atom stereocenters. The van der Waals surface area contributed by atoms with Crippen molar-refractivity contribution in [2.75, 3.05) is 29.4 Å². The van der Waals surface area contributed by atoms with Gasteiger partial charge in [-0.05, 0) is 67.8 Å². The number of carbonyl (C=O) groups excluding carboxylic acids is 1. The molecule has 5 nitrogen and oxygen atoms in total. The molecular formula is C26H29FN4O. The van der Waals surface area contributed by atoms with Gasteiger partial charge < -0.3 is 9.80 Å². The van der Waals surface area contributed by atoms with Crippen LogP contribution in [-0.2, 0) is 4.79 Å². The van der Waals surface area contributed by atoms with E-state index in [1.54, 1.807) is 12.1 Å². The van der Waals surface area contributed by atoms with Crippen LogP contribution in [0.5, 0.6) is 0 Å². The summed E-state index contributed by atoms with van der Waals surface area (Å²) in [5, 5.41) is 8.70. The number of hydrogen-bond acceptors (Lipinski definition) is 4. The second kappa shape index (κ2) is 10.4. The molecule has 1 aromatic heterocycles. The number of unbranched alkanes of at least 4 members (excludes halogenated alkanes) is 1. The molecule has 0 aliphatic carbocycles. The predicted molar refractivity (Wildman–Crippen MR) is 126 cm³/mol. The summed E-state index contributed by atoms with van der Waals surface area (Å²) >= 11 is 0. The first kappa shape index (κ1) is 21.9. The number of anilines is 2. The van der Waals surface area contributed by atoms with Gasteiger partial charge in [-0.3, -0.25) is 4.79 Å². The van der Waals surface area contributed by atoms with Crippen molar-refractivity contribution in [3.63, 3.8) is 0 Å². The molecule has 0 bridgehead atoms. The largest absolute Gasteiger partial charge is 0.355 e. The average molecular weight is 433 g/mol. The molecule has 0 spiro atoms. The Morgan fingerprint density at radius 1 is 1.00 bits per heavy atom. The number of piperidine rings is 1. The molecule has 32 heavy (non-hydrogen) atoms. The number of para-hydroxylation sites is 1. The highest BCUT2D eigenvalue weighted by Gasteiger charge is 2.29. The summed E-state index contributed by atoms with van der Waals surface area (Å²) in [6, 6.07) is 20.1. The predicted octanol–water partition coefficient (Wildman–Crippen LogP) is 5.33. The Hall–Kier alpha value is -3.28. The van der Waals surface area contributed by atoms with E-state index in [0.29, 0.717) is 5.69 Å². The monoisotopic (exact) mass is 432 g/mol. The summed E-state index contributed by atoms with van der Waals surface area (Å²) in [7, 11) is 0. The minimum Gasteiger partial charge on any atom is -0.355 e. The highest BCUT2D eigenvalue weighted by Crippen LogP contribution is 2.27. The van der Waals surface area contributed by atoms with Gasteiger partial charge in [-0.1, -0.05) is 31.5 Å². The lowest BCUT2D eigenvalue weighted by atomic mass is 9.94. The zero-order chi connectivity index (χ0) is 22.3. The Labute approximate surface area is 188 Å². The standard InChI is InChI=1S/C26H29FN4O/c1-2-3-17-31(23-7-5-4-6-8-23)26(32)21-15-18-30(19-16-21)25-14-13-24(28-29-25)20-9-11-22(27)12-10-20/h4-14,21H,2-3,15-19H2,1H3. The van der Waals surface area contributed by atoms with Crippen molar-refractivity contribution in [3.05, 3.63) is 72.5 Å².